The molecule has 2 aromatic rings. The molecule has 1 aliphatic heterocycles. The summed E-state index contributed by atoms with van der Waals surface area (Å²) in [6, 6.07) is 11.8. The number of sulfonamides is 1. The minimum Gasteiger partial charge on any atom is -0.391 e. The van der Waals surface area contributed by atoms with Gasteiger partial charge in [-0.1, -0.05) is 24.3 Å². The Morgan fingerprint density at radius 2 is 1.92 bits per heavy atom. The highest BCUT2D eigenvalue weighted by atomic mass is 32.2. The van der Waals surface area contributed by atoms with Crippen LogP contribution in [0.25, 0.3) is 10.4 Å². The summed E-state index contributed by atoms with van der Waals surface area (Å²) in [7, 11) is -3.33. The summed E-state index contributed by atoms with van der Waals surface area (Å²) in [5.74, 6) is 0. The Morgan fingerprint density at radius 1 is 1.20 bits per heavy atom. The lowest BCUT2D eigenvalue weighted by Crippen LogP contribution is -2.45. The number of thiophene rings is 1. The second-order valence-corrected chi connectivity index (χ2v) is 9.96. The lowest BCUT2D eigenvalue weighted by atomic mass is 9.96. The Hall–Kier alpha value is -1.41. The predicted molar refractivity (Wildman–Crippen MR) is 103 cm³/mol. The Balaban J connectivity index is 1.80. The molecule has 0 saturated carbocycles. The number of nitrogen functional groups attached to an aromatic ring is 1. The molecule has 136 valence electrons. The van der Waals surface area contributed by atoms with Crippen molar-refractivity contribution < 1.29 is 13.2 Å². The van der Waals surface area contributed by atoms with Crippen molar-refractivity contribution in [2.75, 3.05) is 12.3 Å². The fraction of sp³-hybridized carbons (Fsp3) is 0.444. The topological polar surface area (TPSA) is 81.4 Å². The maximum atomic E-state index is 12.2. The van der Waals surface area contributed by atoms with Crippen molar-refractivity contribution >= 4 is 26.4 Å². The summed E-state index contributed by atoms with van der Waals surface area (Å²) >= 11 is 1.55. The van der Waals surface area contributed by atoms with Crippen LogP contribution in [-0.4, -0.2) is 26.3 Å². The maximum absolute atomic E-state index is 12.2. The highest BCUT2D eigenvalue weighted by Gasteiger charge is 2.31. The van der Waals surface area contributed by atoms with Crippen LogP contribution < -0.4 is 10.5 Å². The highest BCUT2D eigenvalue weighted by molar-refractivity contribution is 7.90. The standard InChI is InChI=1S/C18H24N2O3S2/c1-12(2)25(21,22)20-15-4-3-11-23-18(15)14-7-5-13(6-8-14)16-9-10-17(19)24-16/h5-10,12,15,18,20H,3-4,11,19H2,1-2H3/t15-,18+/m1/s1. The van der Waals surface area contributed by atoms with E-state index in [2.05, 4.69) is 4.72 Å². The number of nitrogens with two attached hydrogens (primary N) is 1. The zero-order chi connectivity index (χ0) is 18.0. The molecule has 25 heavy (non-hydrogen) atoms. The summed E-state index contributed by atoms with van der Waals surface area (Å²) in [5.41, 5.74) is 7.89. The van der Waals surface area contributed by atoms with E-state index >= 15 is 0 Å². The average molecular weight is 381 g/mol. The first-order valence-electron chi connectivity index (χ1n) is 8.45. The Kier molecular flexibility index (Phi) is 5.48. The molecule has 0 aliphatic carbocycles. The second-order valence-electron chi connectivity index (χ2n) is 6.58. The monoisotopic (exact) mass is 380 g/mol. The fourth-order valence-electron chi connectivity index (χ4n) is 2.92. The molecule has 0 amide bonds. The SMILES string of the molecule is CC(C)S(=O)(=O)N[C@@H]1CCCO[C@H]1c1ccc(-c2ccc(N)s2)cc1. The van der Waals surface area contributed by atoms with E-state index in [1.54, 1.807) is 25.2 Å². The number of ether oxygens (including phenoxy) is 1. The van der Waals surface area contributed by atoms with Crippen molar-refractivity contribution in [3.63, 3.8) is 0 Å². The lowest BCUT2D eigenvalue weighted by Gasteiger charge is -2.33. The van der Waals surface area contributed by atoms with Crippen LogP contribution in [0.4, 0.5) is 5.00 Å². The van der Waals surface area contributed by atoms with E-state index in [4.69, 9.17) is 10.5 Å². The molecular formula is C18H24N2O3S2. The van der Waals surface area contributed by atoms with Gasteiger partial charge in [0.05, 0.1) is 22.4 Å². The van der Waals surface area contributed by atoms with Crippen LogP contribution in [0.2, 0.25) is 0 Å². The quantitative estimate of drug-likeness (QED) is 0.831. The summed E-state index contributed by atoms with van der Waals surface area (Å²) in [5, 5.41) is 0.333. The predicted octanol–water partition coefficient (Wildman–Crippen LogP) is 3.55. The Morgan fingerprint density at radius 3 is 2.52 bits per heavy atom. The van der Waals surface area contributed by atoms with Gasteiger partial charge in [0, 0.05) is 11.5 Å². The Labute approximate surface area is 153 Å². The molecule has 3 N–H and O–H groups in total. The molecule has 1 aliphatic rings. The van der Waals surface area contributed by atoms with Gasteiger partial charge in [-0.05, 0) is 49.9 Å². The van der Waals surface area contributed by atoms with E-state index in [0.717, 1.165) is 33.8 Å². The van der Waals surface area contributed by atoms with E-state index in [0.29, 0.717) is 6.61 Å². The number of anilines is 1. The van der Waals surface area contributed by atoms with E-state index in [9.17, 15) is 8.42 Å². The van der Waals surface area contributed by atoms with Crippen LogP contribution in [0.3, 0.4) is 0 Å². The van der Waals surface area contributed by atoms with Gasteiger partial charge in [0.1, 0.15) is 0 Å². The van der Waals surface area contributed by atoms with Crippen LogP contribution in [0.5, 0.6) is 0 Å². The first-order chi connectivity index (χ1) is 11.9. The summed E-state index contributed by atoms with van der Waals surface area (Å²) in [6.07, 6.45) is 1.37. The summed E-state index contributed by atoms with van der Waals surface area (Å²) in [4.78, 5) is 1.12. The van der Waals surface area contributed by atoms with Crippen LogP contribution in [0.1, 0.15) is 38.4 Å². The molecule has 0 bridgehead atoms. The van der Waals surface area contributed by atoms with Gasteiger partial charge >= 0.3 is 0 Å². The molecule has 5 nitrogen and oxygen atoms in total. The minimum atomic E-state index is -3.33. The summed E-state index contributed by atoms with van der Waals surface area (Å²) < 4.78 is 33.2. The van der Waals surface area contributed by atoms with Crippen molar-refractivity contribution in [2.24, 2.45) is 0 Å². The van der Waals surface area contributed by atoms with Gasteiger partial charge < -0.3 is 10.5 Å². The van der Waals surface area contributed by atoms with Crippen LogP contribution >= 0.6 is 11.3 Å². The molecular weight excluding hydrogens is 356 g/mol. The molecule has 7 heteroatoms. The third kappa shape index (κ3) is 4.23. The van der Waals surface area contributed by atoms with Gasteiger partial charge in [-0.15, -0.1) is 11.3 Å². The third-order valence-corrected chi connectivity index (χ3v) is 7.25. The molecule has 0 radical (unpaired) electrons. The smallest absolute Gasteiger partial charge is 0.214 e. The third-order valence-electron chi connectivity index (χ3n) is 4.41. The van der Waals surface area contributed by atoms with Gasteiger partial charge in [0.25, 0.3) is 0 Å². The minimum absolute atomic E-state index is 0.232. The molecule has 2 heterocycles. The van der Waals surface area contributed by atoms with Crippen molar-refractivity contribution in [1.29, 1.82) is 0 Å². The van der Waals surface area contributed by atoms with Crippen LogP contribution in [0, 0.1) is 0 Å². The van der Waals surface area contributed by atoms with Crippen LogP contribution in [-0.2, 0) is 14.8 Å². The van der Waals surface area contributed by atoms with Crippen molar-refractivity contribution in [1.82, 2.24) is 4.72 Å². The van der Waals surface area contributed by atoms with Gasteiger partial charge in [0.2, 0.25) is 10.0 Å². The van der Waals surface area contributed by atoms with Crippen molar-refractivity contribution in [3.05, 3.63) is 42.0 Å². The van der Waals surface area contributed by atoms with E-state index in [1.165, 1.54) is 0 Å². The molecule has 1 saturated heterocycles. The summed E-state index contributed by atoms with van der Waals surface area (Å²) in [6.45, 7) is 4.01. The first-order valence-corrected chi connectivity index (χ1v) is 10.8. The van der Waals surface area contributed by atoms with Crippen molar-refractivity contribution in [3.8, 4) is 10.4 Å². The van der Waals surface area contributed by atoms with Gasteiger partial charge in [-0.3, -0.25) is 0 Å². The van der Waals surface area contributed by atoms with Crippen molar-refractivity contribution in [2.45, 2.75) is 44.1 Å². The van der Waals surface area contributed by atoms with Gasteiger partial charge in [-0.2, -0.15) is 0 Å². The maximum Gasteiger partial charge on any atom is 0.214 e. The lowest BCUT2D eigenvalue weighted by molar-refractivity contribution is -0.00446. The highest BCUT2D eigenvalue weighted by Crippen LogP contribution is 2.33. The molecule has 1 fully saturated rings. The normalized spacial score (nSPS) is 21.6. The Bertz CT molecular complexity index is 813. The second kappa shape index (κ2) is 7.45. The van der Waals surface area contributed by atoms with Gasteiger partial charge in [0.15, 0.2) is 0 Å². The molecule has 0 unspecified atom stereocenters. The molecule has 0 spiro atoms. The van der Waals surface area contributed by atoms with E-state index in [-0.39, 0.29) is 12.1 Å². The fourth-order valence-corrected chi connectivity index (χ4v) is 4.64. The van der Waals surface area contributed by atoms with Crippen LogP contribution in [0.15, 0.2) is 36.4 Å². The zero-order valence-corrected chi connectivity index (χ0v) is 16.1. The zero-order valence-electron chi connectivity index (χ0n) is 14.4. The molecule has 1 aromatic carbocycles. The number of hydrogen-bond donors (Lipinski definition) is 2. The number of benzene rings is 1. The molecule has 2 atom stereocenters. The van der Waals surface area contributed by atoms with E-state index in [1.807, 2.05) is 36.4 Å². The number of nitrogens with one attached hydrogen (secondary N) is 1. The molecule has 1 aromatic heterocycles. The van der Waals surface area contributed by atoms with E-state index < -0.39 is 15.3 Å². The molecule has 3 rings (SSSR count). The largest absolute Gasteiger partial charge is 0.391 e. The average Bonchev–Trinajstić information content (AvgIpc) is 3.01. The first kappa shape index (κ1) is 18.4. The number of rotatable bonds is 5. The van der Waals surface area contributed by atoms with Gasteiger partial charge in [-0.25, -0.2) is 13.1 Å². The number of hydrogen-bond acceptors (Lipinski definition) is 5.